The maximum atomic E-state index is 10.9. The standard InChI is InChI=1S/C15H16BrN5O2S/c1-2-20(15-18-8-12(21(22)23)14(17)19-15)11-5-6-24-13-4-3-9(16)7-10(11)13/h3-4,7-8,11H,2,5-6H2,1H3,(H2,17,18,19)/t11-/m0/s1. The van der Waals surface area contributed by atoms with Gasteiger partial charge >= 0.3 is 5.69 Å². The summed E-state index contributed by atoms with van der Waals surface area (Å²) in [6.45, 7) is 2.69. The van der Waals surface area contributed by atoms with Crippen molar-refractivity contribution in [2.24, 2.45) is 0 Å². The minimum absolute atomic E-state index is 0.108. The van der Waals surface area contributed by atoms with Crippen molar-refractivity contribution in [3.63, 3.8) is 0 Å². The molecule has 7 nitrogen and oxygen atoms in total. The van der Waals surface area contributed by atoms with Crippen molar-refractivity contribution in [1.29, 1.82) is 0 Å². The monoisotopic (exact) mass is 409 g/mol. The summed E-state index contributed by atoms with van der Waals surface area (Å²) in [5, 5.41) is 10.9. The second-order valence-corrected chi connectivity index (χ2v) is 7.37. The summed E-state index contributed by atoms with van der Waals surface area (Å²) >= 11 is 5.36. The molecule has 1 aromatic carbocycles. The maximum absolute atomic E-state index is 10.9. The van der Waals surface area contributed by atoms with Gasteiger partial charge in [-0.25, -0.2) is 4.98 Å². The quantitative estimate of drug-likeness (QED) is 0.605. The Kier molecular flexibility index (Phi) is 4.91. The maximum Gasteiger partial charge on any atom is 0.329 e. The van der Waals surface area contributed by atoms with E-state index in [-0.39, 0.29) is 17.5 Å². The predicted molar refractivity (Wildman–Crippen MR) is 98.3 cm³/mol. The van der Waals surface area contributed by atoms with E-state index < -0.39 is 4.92 Å². The van der Waals surface area contributed by atoms with Crippen LogP contribution in [0.5, 0.6) is 0 Å². The van der Waals surface area contributed by atoms with Crippen molar-refractivity contribution in [2.75, 3.05) is 22.9 Å². The number of anilines is 2. The second-order valence-electron chi connectivity index (χ2n) is 5.32. The van der Waals surface area contributed by atoms with Gasteiger partial charge in [0.25, 0.3) is 0 Å². The first-order valence-electron chi connectivity index (χ1n) is 7.47. The van der Waals surface area contributed by atoms with Crippen molar-refractivity contribution >= 4 is 45.1 Å². The molecule has 0 spiro atoms. The third-order valence-electron chi connectivity index (χ3n) is 3.94. The van der Waals surface area contributed by atoms with Gasteiger partial charge in [0.15, 0.2) is 0 Å². The number of halogens is 1. The molecule has 2 heterocycles. The van der Waals surface area contributed by atoms with Gasteiger partial charge in [0, 0.05) is 21.7 Å². The molecule has 0 aliphatic carbocycles. The van der Waals surface area contributed by atoms with Crippen LogP contribution >= 0.6 is 27.7 Å². The van der Waals surface area contributed by atoms with E-state index in [9.17, 15) is 10.1 Å². The van der Waals surface area contributed by atoms with Gasteiger partial charge in [0.2, 0.25) is 11.8 Å². The first kappa shape index (κ1) is 17.0. The lowest BCUT2D eigenvalue weighted by molar-refractivity contribution is -0.384. The fourth-order valence-electron chi connectivity index (χ4n) is 2.83. The van der Waals surface area contributed by atoms with Crippen molar-refractivity contribution < 1.29 is 4.92 Å². The Hall–Kier alpha value is -1.87. The molecule has 126 valence electrons. The third-order valence-corrected chi connectivity index (χ3v) is 5.55. The number of benzene rings is 1. The summed E-state index contributed by atoms with van der Waals surface area (Å²) in [6, 6.07) is 6.37. The molecule has 0 fully saturated rings. The highest BCUT2D eigenvalue weighted by molar-refractivity contribution is 9.10. The first-order valence-corrected chi connectivity index (χ1v) is 9.25. The predicted octanol–water partition coefficient (Wildman–Crippen LogP) is 3.79. The van der Waals surface area contributed by atoms with Gasteiger partial charge in [0.1, 0.15) is 6.20 Å². The molecule has 1 aliphatic heterocycles. The van der Waals surface area contributed by atoms with Crippen LogP contribution in [0.1, 0.15) is 24.9 Å². The summed E-state index contributed by atoms with van der Waals surface area (Å²) in [5.74, 6) is 1.31. The molecule has 0 amide bonds. The fourth-order valence-corrected chi connectivity index (χ4v) is 4.30. The highest BCUT2D eigenvalue weighted by Gasteiger charge is 2.28. The topological polar surface area (TPSA) is 98.2 Å². The van der Waals surface area contributed by atoms with Crippen LogP contribution in [0, 0.1) is 10.1 Å². The average Bonchev–Trinajstić information content (AvgIpc) is 2.55. The molecule has 2 N–H and O–H groups in total. The van der Waals surface area contributed by atoms with E-state index in [1.165, 1.54) is 16.7 Å². The van der Waals surface area contributed by atoms with Crippen molar-refractivity contribution in [2.45, 2.75) is 24.3 Å². The molecular formula is C15H16BrN5O2S. The van der Waals surface area contributed by atoms with Gasteiger partial charge in [-0.15, -0.1) is 11.8 Å². The zero-order valence-electron chi connectivity index (χ0n) is 13.0. The second kappa shape index (κ2) is 6.94. The molecule has 1 atom stereocenters. The van der Waals surface area contributed by atoms with Crippen LogP contribution in [0.15, 0.2) is 33.8 Å². The first-order chi connectivity index (χ1) is 11.5. The lowest BCUT2D eigenvalue weighted by atomic mass is 10.0. The van der Waals surface area contributed by atoms with E-state index in [0.29, 0.717) is 12.5 Å². The number of nitrogen functional groups attached to an aromatic ring is 1. The molecule has 0 radical (unpaired) electrons. The summed E-state index contributed by atoms with van der Waals surface area (Å²) in [4.78, 5) is 22.0. The van der Waals surface area contributed by atoms with Crippen LogP contribution in [0.4, 0.5) is 17.5 Å². The van der Waals surface area contributed by atoms with Gasteiger partial charge in [-0.05, 0) is 37.1 Å². The van der Waals surface area contributed by atoms with Gasteiger partial charge in [-0.1, -0.05) is 15.9 Å². The zero-order chi connectivity index (χ0) is 17.3. The Balaban J connectivity index is 2.00. The van der Waals surface area contributed by atoms with E-state index in [1.54, 1.807) is 0 Å². The molecule has 0 bridgehead atoms. The molecule has 0 saturated heterocycles. The lowest BCUT2D eigenvalue weighted by Crippen LogP contribution is -2.32. The van der Waals surface area contributed by atoms with Crippen LogP contribution in [0.25, 0.3) is 0 Å². The summed E-state index contributed by atoms with van der Waals surface area (Å²) in [7, 11) is 0. The fraction of sp³-hybridized carbons (Fsp3) is 0.333. The van der Waals surface area contributed by atoms with Gasteiger partial charge in [-0.2, -0.15) is 4.98 Å². The minimum atomic E-state index is -0.570. The Morgan fingerprint density at radius 1 is 1.54 bits per heavy atom. The number of hydrogen-bond acceptors (Lipinski definition) is 7. The smallest absolute Gasteiger partial charge is 0.329 e. The number of rotatable bonds is 4. The van der Waals surface area contributed by atoms with E-state index in [1.807, 2.05) is 29.7 Å². The van der Waals surface area contributed by atoms with Gasteiger partial charge in [-0.3, -0.25) is 10.1 Å². The molecule has 2 aromatic rings. The Labute approximate surface area is 151 Å². The summed E-state index contributed by atoms with van der Waals surface area (Å²) in [5.41, 5.74) is 6.68. The third kappa shape index (κ3) is 3.18. The van der Waals surface area contributed by atoms with Crippen molar-refractivity contribution in [3.05, 3.63) is 44.5 Å². The van der Waals surface area contributed by atoms with E-state index in [4.69, 9.17) is 5.73 Å². The minimum Gasteiger partial charge on any atom is -0.378 e. The molecule has 0 unspecified atom stereocenters. The normalized spacial score (nSPS) is 16.5. The molecule has 1 aliphatic rings. The van der Waals surface area contributed by atoms with Crippen LogP contribution in [-0.4, -0.2) is 27.2 Å². The average molecular weight is 410 g/mol. The highest BCUT2D eigenvalue weighted by atomic mass is 79.9. The number of nitrogens with zero attached hydrogens (tertiary/aromatic N) is 4. The largest absolute Gasteiger partial charge is 0.378 e. The van der Waals surface area contributed by atoms with Crippen LogP contribution in [0.2, 0.25) is 0 Å². The van der Waals surface area contributed by atoms with Crippen LogP contribution < -0.4 is 10.6 Å². The molecular weight excluding hydrogens is 394 g/mol. The van der Waals surface area contributed by atoms with Crippen molar-refractivity contribution in [3.8, 4) is 0 Å². The van der Waals surface area contributed by atoms with E-state index >= 15 is 0 Å². The summed E-state index contributed by atoms with van der Waals surface area (Å²) in [6.07, 6.45) is 2.13. The SMILES string of the molecule is CCN(c1ncc([N+](=O)[O-])c(N)n1)[C@H]1CCSc2ccc(Br)cc21. The molecule has 1 aromatic heterocycles. The number of thioether (sulfide) groups is 1. The number of hydrogen-bond donors (Lipinski definition) is 1. The van der Waals surface area contributed by atoms with Crippen molar-refractivity contribution in [1.82, 2.24) is 9.97 Å². The highest BCUT2D eigenvalue weighted by Crippen LogP contribution is 2.41. The Bertz CT molecular complexity index is 788. The van der Waals surface area contributed by atoms with E-state index in [2.05, 4.69) is 38.0 Å². The number of aromatic nitrogens is 2. The van der Waals surface area contributed by atoms with Crippen LogP contribution in [-0.2, 0) is 0 Å². The molecule has 0 saturated carbocycles. The number of nitrogens with two attached hydrogens (primary N) is 1. The van der Waals surface area contributed by atoms with E-state index in [0.717, 1.165) is 16.6 Å². The van der Waals surface area contributed by atoms with Gasteiger partial charge < -0.3 is 10.6 Å². The molecule has 9 heteroatoms. The molecule has 3 rings (SSSR count). The number of fused-ring (bicyclic) bond motifs is 1. The van der Waals surface area contributed by atoms with Gasteiger partial charge in [0.05, 0.1) is 11.0 Å². The molecule has 24 heavy (non-hydrogen) atoms. The summed E-state index contributed by atoms with van der Waals surface area (Å²) < 4.78 is 1.02. The number of nitro groups is 1. The zero-order valence-corrected chi connectivity index (χ0v) is 15.4. The van der Waals surface area contributed by atoms with Crippen LogP contribution in [0.3, 0.4) is 0 Å². The Morgan fingerprint density at radius 2 is 2.33 bits per heavy atom. The Morgan fingerprint density at radius 3 is 3.00 bits per heavy atom. The lowest BCUT2D eigenvalue weighted by Gasteiger charge is -2.35.